The molecule has 1 aromatic heterocycles. The average molecular weight is 413 g/mol. The van der Waals surface area contributed by atoms with Gasteiger partial charge in [0.15, 0.2) is 0 Å². The number of rotatable bonds is 9. The van der Waals surface area contributed by atoms with Crippen LogP contribution in [0, 0.1) is 6.92 Å². The van der Waals surface area contributed by atoms with Crippen LogP contribution >= 0.6 is 0 Å². The van der Waals surface area contributed by atoms with Crippen LogP contribution in [0.5, 0.6) is 0 Å². The highest BCUT2D eigenvalue weighted by Crippen LogP contribution is 2.28. The van der Waals surface area contributed by atoms with Crippen molar-refractivity contribution in [3.63, 3.8) is 0 Å². The van der Waals surface area contributed by atoms with Gasteiger partial charge in [-0.2, -0.15) is 0 Å². The van der Waals surface area contributed by atoms with Crippen LogP contribution in [0.15, 0.2) is 15.8 Å². The lowest BCUT2D eigenvalue weighted by molar-refractivity contribution is -0.149. The van der Waals surface area contributed by atoms with Crippen molar-refractivity contribution >= 4 is 11.9 Å². The lowest BCUT2D eigenvalue weighted by Gasteiger charge is -2.25. The first kappa shape index (κ1) is 22.8. The van der Waals surface area contributed by atoms with Crippen molar-refractivity contribution < 1.29 is 28.9 Å². The zero-order chi connectivity index (χ0) is 21.6. The van der Waals surface area contributed by atoms with E-state index in [1.807, 2.05) is 0 Å². The molecule has 0 bridgehead atoms. The van der Waals surface area contributed by atoms with Crippen molar-refractivity contribution in [2.45, 2.75) is 45.6 Å². The Morgan fingerprint density at radius 3 is 2.38 bits per heavy atom. The Balaban J connectivity index is 2.11. The lowest BCUT2D eigenvalue weighted by atomic mass is 10.1. The van der Waals surface area contributed by atoms with Crippen LogP contribution in [0.1, 0.15) is 32.1 Å². The van der Waals surface area contributed by atoms with E-state index in [0.717, 1.165) is 0 Å². The van der Waals surface area contributed by atoms with Gasteiger partial charge in [0.25, 0.3) is 5.56 Å². The highest BCUT2D eigenvalue weighted by Gasteiger charge is 2.37. The fourth-order valence-corrected chi connectivity index (χ4v) is 3.07. The molecule has 0 radical (unpaired) electrons. The van der Waals surface area contributed by atoms with E-state index in [1.165, 1.54) is 15.7 Å². The Bertz CT molecular complexity index is 813. The molecule has 29 heavy (non-hydrogen) atoms. The number of carbonyl (C=O) groups excluding carboxylic acids is 2. The van der Waals surface area contributed by atoms with Crippen LogP contribution < -0.4 is 11.2 Å². The zero-order valence-corrected chi connectivity index (χ0v) is 16.8. The highest BCUT2D eigenvalue weighted by atomic mass is 16.5. The van der Waals surface area contributed by atoms with Crippen LogP contribution in [0.2, 0.25) is 0 Å². The Labute approximate surface area is 167 Å². The number of hydrogen-bond donors (Lipinski definition) is 2. The minimum atomic E-state index is -0.939. The molecule has 1 aliphatic heterocycles. The minimum absolute atomic E-state index is 0.0480. The van der Waals surface area contributed by atoms with Gasteiger partial charge in [0, 0.05) is 24.7 Å². The first-order chi connectivity index (χ1) is 13.7. The molecule has 0 amide bonds. The number of nitrogens with one attached hydrogen (secondary N) is 1. The predicted octanol–water partition coefficient (Wildman–Crippen LogP) is -1.08. The van der Waals surface area contributed by atoms with E-state index in [0.29, 0.717) is 5.56 Å². The van der Waals surface area contributed by atoms with Crippen molar-refractivity contribution in [1.82, 2.24) is 14.5 Å². The number of esters is 2. The van der Waals surface area contributed by atoms with Gasteiger partial charge in [-0.15, -0.1) is 0 Å². The number of aromatic amines is 1. The van der Waals surface area contributed by atoms with Gasteiger partial charge in [0.2, 0.25) is 0 Å². The molecule has 0 aromatic carbocycles. The van der Waals surface area contributed by atoms with Crippen molar-refractivity contribution in [3.8, 4) is 0 Å². The summed E-state index contributed by atoms with van der Waals surface area (Å²) in [6.07, 6.45) is -1.00. The topological polar surface area (TPSA) is 140 Å². The van der Waals surface area contributed by atoms with Crippen molar-refractivity contribution in [2.24, 2.45) is 0 Å². The molecule has 2 rings (SSSR count). The Morgan fingerprint density at radius 1 is 1.24 bits per heavy atom. The van der Waals surface area contributed by atoms with Crippen molar-refractivity contribution in [1.29, 1.82) is 0 Å². The molecule has 0 aliphatic carbocycles. The number of aliphatic hydroxyl groups excluding tert-OH is 1. The average Bonchev–Trinajstić information content (AvgIpc) is 2.98. The molecular weight excluding hydrogens is 386 g/mol. The van der Waals surface area contributed by atoms with E-state index in [1.54, 1.807) is 20.8 Å². The Kier molecular flexibility index (Phi) is 8.11. The van der Waals surface area contributed by atoms with Gasteiger partial charge in [0.1, 0.15) is 6.23 Å². The third-order valence-corrected chi connectivity index (χ3v) is 4.41. The third kappa shape index (κ3) is 6.24. The standard InChI is InChI=1S/C18H27N3O8/c1-4-27-15(23)9-20(10-16(24)28-5-2)8-13-12(22)6-14(29-13)21-7-11(3)17(25)19-18(21)26/h7,12-14,22H,4-6,8-10H2,1-3H3,(H,19,25,26)/t12-,13+,14+/m0/s1. The van der Waals surface area contributed by atoms with E-state index < -0.39 is 41.6 Å². The smallest absolute Gasteiger partial charge is 0.330 e. The summed E-state index contributed by atoms with van der Waals surface area (Å²) in [5.74, 6) is -1.04. The zero-order valence-electron chi connectivity index (χ0n) is 16.8. The molecule has 2 heterocycles. The molecule has 162 valence electrons. The maximum absolute atomic E-state index is 12.1. The maximum atomic E-state index is 12.1. The summed E-state index contributed by atoms with van der Waals surface area (Å²) in [6, 6.07) is 0. The van der Waals surface area contributed by atoms with Gasteiger partial charge in [-0.25, -0.2) is 4.79 Å². The number of aryl methyl sites for hydroxylation is 1. The van der Waals surface area contributed by atoms with Crippen LogP contribution in [0.4, 0.5) is 0 Å². The molecule has 2 N–H and O–H groups in total. The fraction of sp³-hybridized carbons (Fsp3) is 0.667. The number of carbonyl (C=O) groups is 2. The first-order valence-electron chi connectivity index (χ1n) is 9.44. The Morgan fingerprint density at radius 2 is 1.83 bits per heavy atom. The van der Waals surface area contributed by atoms with Gasteiger partial charge in [-0.1, -0.05) is 0 Å². The van der Waals surface area contributed by atoms with Crippen molar-refractivity contribution in [3.05, 3.63) is 32.6 Å². The maximum Gasteiger partial charge on any atom is 0.330 e. The molecule has 1 saturated heterocycles. The molecular formula is C18H27N3O8. The largest absolute Gasteiger partial charge is 0.465 e. The molecule has 3 atom stereocenters. The van der Waals surface area contributed by atoms with Gasteiger partial charge < -0.3 is 19.3 Å². The minimum Gasteiger partial charge on any atom is -0.465 e. The van der Waals surface area contributed by atoms with E-state index in [-0.39, 0.29) is 39.3 Å². The second-order valence-electron chi connectivity index (χ2n) is 6.69. The summed E-state index contributed by atoms with van der Waals surface area (Å²) in [4.78, 5) is 51.0. The van der Waals surface area contributed by atoms with Gasteiger partial charge >= 0.3 is 17.6 Å². The van der Waals surface area contributed by atoms with E-state index in [4.69, 9.17) is 14.2 Å². The van der Waals surface area contributed by atoms with E-state index >= 15 is 0 Å². The summed E-state index contributed by atoms with van der Waals surface area (Å²) in [5, 5.41) is 10.4. The lowest BCUT2D eigenvalue weighted by Crippen LogP contribution is -2.43. The molecule has 0 saturated carbocycles. The number of aromatic nitrogens is 2. The summed E-state index contributed by atoms with van der Waals surface area (Å²) in [6.45, 7) is 4.99. The van der Waals surface area contributed by atoms with Gasteiger partial charge in [-0.05, 0) is 20.8 Å². The molecule has 11 heteroatoms. The number of H-pyrrole nitrogens is 1. The number of hydrogen-bond acceptors (Lipinski definition) is 9. The van der Waals surface area contributed by atoms with Gasteiger partial charge in [-0.3, -0.25) is 28.8 Å². The normalized spacial score (nSPS) is 21.3. The Hall–Kier alpha value is -2.50. The SMILES string of the molecule is CCOC(=O)CN(CC(=O)OCC)C[C@H]1O[C@@H](n2cc(C)c(=O)[nH]c2=O)C[C@@H]1O. The first-order valence-corrected chi connectivity index (χ1v) is 9.44. The summed E-state index contributed by atoms with van der Waals surface area (Å²) >= 11 is 0. The van der Waals surface area contributed by atoms with E-state index in [9.17, 15) is 24.3 Å². The van der Waals surface area contributed by atoms with E-state index in [2.05, 4.69) is 4.98 Å². The summed E-state index contributed by atoms with van der Waals surface area (Å²) in [5.41, 5.74) is -0.804. The molecule has 1 aliphatic rings. The van der Waals surface area contributed by atoms with Gasteiger partial charge in [0.05, 0.1) is 38.5 Å². The molecule has 1 fully saturated rings. The molecule has 0 spiro atoms. The summed E-state index contributed by atoms with van der Waals surface area (Å²) < 4.78 is 16.8. The van der Waals surface area contributed by atoms with Crippen LogP contribution in [0.25, 0.3) is 0 Å². The highest BCUT2D eigenvalue weighted by molar-refractivity contribution is 5.75. The second-order valence-corrected chi connectivity index (χ2v) is 6.69. The molecule has 1 aromatic rings. The van der Waals surface area contributed by atoms with Crippen LogP contribution in [0.3, 0.4) is 0 Å². The molecule has 11 nitrogen and oxygen atoms in total. The quantitative estimate of drug-likeness (QED) is 0.484. The number of aliphatic hydroxyl groups is 1. The van der Waals surface area contributed by atoms with Crippen LogP contribution in [-0.4, -0.2) is 76.6 Å². The summed E-state index contributed by atoms with van der Waals surface area (Å²) in [7, 11) is 0. The number of ether oxygens (including phenoxy) is 3. The van der Waals surface area contributed by atoms with Crippen molar-refractivity contribution in [2.75, 3.05) is 32.8 Å². The van der Waals surface area contributed by atoms with Crippen LogP contribution in [-0.2, 0) is 23.8 Å². The second kappa shape index (κ2) is 10.3. The number of nitrogens with zero attached hydrogens (tertiary/aromatic N) is 2. The molecule has 0 unspecified atom stereocenters. The fourth-order valence-electron chi connectivity index (χ4n) is 3.07. The third-order valence-electron chi connectivity index (χ3n) is 4.41. The monoisotopic (exact) mass is 413 g/mol. The predicted molar refractivity (Wildman–Crippen MR) is 100 cm³/mol.